The van der Waals surface area contributed by atoms with E-state index in [-0.39, 0.29) is 35.8 Å². The standard InChI is InChI=1S/C25H32N2O7/c1-17-7-5-9-20(28)10-6-8-19(26-33-16-23(31)27-11-3-2-4-12-27)13-18-14-21(29)15-22(30)24(18)25(32)34-17/h5-6,8-9,14-15,17,20,28-30H,2-4,7,10-13,16H2,1H3/t17-,20?/m1/s1. The number of hydrogen-bond donors (Lipinski definition) is 3. The number of phenolic OH excluding ortho intramolecular Hbond substituents is 2. The molecular formula is C25H32N2O7. The van der Waals surface area contributed by atoms with E-state index in [2.05, 4.69) is 5.16 Å². The zero-order valence-corrected chi connectivity index (χ0v) is 19.4. The van der Waals surface area contributed by atoms with E-state index < -0.39 is 23.9 Å². The molecule has 9 nitrogen and oxygen atoms in total. The van der Waals surface area contributed by atoms with Crippen LogP contribution in [0.2, 0.25) is 0 Å². The third-order valence-electron chi connectivity index (χ3n) is 5.66. The number of fused-ring (bicyclic) bond motifs is 1. The molecule has 2 aliphatic heterocycles. The Kier molecular flexibility index (Phi) is 9.09. The minimum atomic E-state index is -0.740. The topological polar surface area (TPSA) is 129 Å². The molecule has 0 radical (unpaired) electrons. The highest BCUT2D eigenvalue weighted by molar-refractivity contribution is 6.00. The summed E-state index contributed by atoms with van der Waals surface area (Å²) in [6.07, 6.45) is 9.22. The smallest absolute Gasteiger partial charge is 0.342 e. The molecule has 1 aromatic rings. The summed E-state index contributed by atoms with van der Waals surface area (Å²) >= 11 is 0. The number of rotatable bonds is 3. The van der Waals surface area contributed by atoms with Crippen LogP contribution in [0, 0.1) is 0 Å². The summed E-state index contributed by atoms with van der Waals surface area (Å²) in [7, 11) is 0. The van der Waals surface area contributed by atoms with Crippen molar-refractivity contribution in [3.63, 3.8) is 0 Å². The fourth-order valence-corrected chi connectivity index (χ4v) is 3.91. The number of allylic oxidation sites excluding steroid dienone is 1. The second kappa shape index (κ2) is 12.2. The molecule has 1 amide bonds. The first-order valence-corrected chi connectivity index (χ1v) is 11.6. The number of piperidine rings is 1. The minimum absolute atomic E-state index is 0.0150. The molecule has 1 aromatic carbocycles. The molecule has 1 fully saturated rings. The van der Waals surface area contributed by atoms with Gasteiger partial charge in [-0.25, -0.2) is 4.79 Å². The number of benzene rings is 1. The van der Waals surface area contributed by atoms with Gasteiger partial charge in [-0.1, -0.05) is 23.4 Å². The molecule has 3 N–H and O–H groups in total. The second-order valence-corrected chi connectivity index (χ2v) is 8.56. The highest BCUT2D eigenvalue weighted by Gasteiger charge is 2.22. The fourth-order valence-electron chi connectivity index (χ4n) is 3.91. The molecule has 1 unspecified atom stereocenters. The van der Waals surface area contributed by atoms with Crippen molar-refractivity contribution >= 4 is 17.6 Å². The maximum Gasteiger partial charge on any atom is 0.342 e. The van der Waals surface area contributed by atoms with Gasteiger partial charge in [-0.05, 0) is 50.3 Å². The molecule has 0 aromatic heterocycles. The summed E-state index contributed by atoms with van der Waals surface area (Å²) in [5.41, 5.74) is 0.556. The number of aromatic hydroxyl groups is 2. The second-order valence-electron chi connectivity index (χ2n) is 8.56. The van der Waals surface area contributed by atoms with Gasteiger partial charge in [0.15, 0.2) is 6.61 Å². The van der Waals surface area contributed by atoms with E-state index in [4.69, 9.17) is 9.57 Å². The summed E-state index contributed by atoms with van der Waals surface area (Å²) < 4.78 is 5.44. The van der Waals surface area contributed by atoms with E-state index in [1.165, 1.54) is 6.07 Å². The van der Waals surface area contributed by atoms with E-state index in [1.54, 1.807) is 36.1 Å². The number of aliphatic hydroxyl groups excluding tert-OH is 1. The lowest BCUT2D eigenvalue weighted by molar-refractivity contribution is -0.137. The van der Waals surface area contributed by atoms with Gasteiger partial charge in [0.2, 0.25) is 0 Å². The molecule has 2 aliphatic rings. The Labute approximate surface area is 199 Å². The van der Waals surface area contributed by atoms with E-state index >= 15 is 0 Å². The van der Waals surface area contributed by atoms with Gasteiger partial charge in [-0.2, -0.15) is 0 Å². The highest BCUT2D eigenvalue weighted by Crippen LogP contribution is 2.29. The van der Waals surface area contributed by atoms with E-state index in [1.807, 2.05) is 0 Å². The molecule has 184 valence electrons. The zero-order chi connectivity index (χ0) is 24.5. The molecule has 2 atom stereocenters. The van der Waals surface area contributed by atoms with Crippen LogP contribution in [0.3, 0.4) is 0 Å². The predicted molar refractivity (Wildman–Crippen MR) is 126 cm³/mol. The lowest BCUT2D eigenvalue weighted by Crippen LogP contribution is -2.37. The van der Waals surface area contributed by atoms with Crippen LogP contribution >= 0.6 is 0 Å². The predicted octanol–water partition coefficient (Wildman–Crippen LogP) is 2.84. The van der Waals surface area contributed by atoms with Crippen molar-refractivity contribution in [3.05, 3.63) is 47.6 Å². The molecular weight excluding hydrogens is 440 g/mol. The van der Waals surface area contributed by atoms with Crippen LogP contribution in [-0.2, 0) is 20.8 Å². The van der Waals surface area contributed by atoms with Gasteiger partial charge in [-0.15, -0.1) is 0 Å². The van der Waals surface area contributed by atoms with Crippen molar-refractivity contribution in [2.75, 3.05) is 19.7 Å². The molecule has 0 aliphatic carbocycles. The van der Waals surface area contributed by atoms with Crippen LogP contribution in [-0.4, -0.2) is 69.7 Å². The number of likely N-dealkylation sites (tertiary alicyclic amines) is 1. The van der Waals surface area contributed by atoms with Crippen molar-refractivity contribution < 1.29 is 34.5 Å². The third-order valence-corrected chi connectivity index (χ3v) is 5.66. The Morgan fingerprint density at radius 2 is 1.94 bits per heavy atom. The fraction of sp³-hybridized carbons (Fsp3) is 0.480. The van der Waals surface area contributed by atoms with Gasteiger partial charge in [0.1, 0.15) is 23.2 Å². The molecule has 0 saturated carbocycles. The molecule has 0 spiro atoms. The quantitative estimate of drug-likeness (QED) is 0.350. The van der Waals surface area contributed by atoms with E-state index in [0.29, 0.717) is 31.6 Å². The number of amides is 1. The first kappa shape index (κ1) is 25.3. The summed E-state index contributed by atoms with van der Waals surface area (Å²) in [6.45, 7) is 2.89. The van der Waals surface area contributed by atoms with Gasteiger partial charge >= 0.3 is 5.97 Å². The largest absolute Gasteiger partial charge is 0.508 e. The number of hydrogen-bond acceptors (Lipinski definition) is 8. The number of carbonyl (C=O) groups is 2. The molecule has 34 heavy (non-hydrogen) atoms. The number of ether oxygens (including phenoxy) is 1. The first-order valence-electron chi connectivity index (χ1n) is 11.6. The number of cyclic esters (lactones) is 1. The van der Waals surface area contributed by atoms with E-state index in [0.717, 1.165) is 25.3 Å². The van der Waals surface area contributed by atoms with E-state index in [9.17, 15) is 24.9 Å². The lowest BCUT2D eigenvalue weighted by Gasteiger charge is -2.26. The van der Waals surface area contributed by atoms with Crippen molar-refractivity contribution in [1.82, 2.24) is 4.90 Å². The number of nitrogens with zero attached hydrogens (tertiary/aromatic N) is 2. The van der Waals surface area contributed by atoms with Crippen LogP contribution in [0.25, 0.3) is 0 Å². The Balaban J connectivity index is 1.86. The SMILES string of the molecule is C[C@@H]1CC=CC(O)CC=CC(=NOCC(=O)N2CCCCC2)Cc2cc(O)cc(O)c2C(=O)O1. The van der Waals surface area contributed by atoms with Crippen molar-refractivity contribution in [2.24, 2.45) is 5.16 Å². The zero-order valence-electron chi connectivity index (χ0n) is 19.4. The van der Waals surface area contributed by atoms with Crippen LogP contribution < -0.4 is 0 Å². The minimum Gasteiger partial charge on any atom is -0.508 e. The summed E-state index contributed by atoms with van der Waals surface area (Å²) in [5, 5.41) is 34.6. The molecule has 1 saturated heterocycles. The third kappa shape index (κ3) is 7.34. The van der Waals surface area contributed by atoms with Crippen LogP contribution in [0.15, 0.2) is 41.6 Å². The summed E-state index contributed by atoms with van der Waals surface area (Å²) in [6, 6.07) is 2.43. The normalized spacial score (nSPS) is 23.2. The van der Waals surface area contributed by atoms with Crippen molar-refractivity contribution in [3.8, 4) is 11.5 Å². The number of oxime groups is 1. The monoisotopic (exact) mass is 472 g/mol. The van der Waals surface area contributed by atoms with Gasteiger partial charge in [0.25, 0.3) is 5.91 Å². The number of phenols is 2. The number of esters is 1. The average Bonchev–Trinajstić information content (AvgIpc) is 2.78. The average molecular weight is 473 g/mol. The Bertz CT molecular complexity index is 964. The van der Waals surface area contributed by atoms with Crippen molar-refractivity contribution in [2.45, 2.75) is 57.7 Å². The first-order chi connectivity index (χ1) is 16.3. The van der Waals surface area contributed by atoms with Crippen LogP contribution in [0.1, 0.15) is 54.9 Å². The van der Waals surface area contributed by atoms with Gasteiger partial charge in [-0.3, -0.25) is 4.79 Å². The maximum absolute atomic E-state index is 12.8. The summed E-state index contributed by atoms with van der Waals surface area (Å²) in [4.78, 5) is 32.2. The van der Waals surface area contributed by atoms with Crippen molar-refractivity contribution in [1.29, 1.82) is 0 Å². The molecule has 0 bridgehead atoms. The van der Waals surface area contributed by atoms with Gasteiger partial charge in [0.05, 0.1) is 11.8 Å². The van der Waals surface area contributed by atoms with Gasteiger partial charge in [0, 0.05) is 32.0 Å². The van der Waals surface area contributed by atoms with Crippen LogP contribution in [0.5, 0.6) is 11.5 Å². The van der Waals surface area contributed by atoms with Gasteiger partial charge < -0.3 is 29.8 Å². The highest BCUT2D eigenvalue weighted by atomic mass is 16.6. The molecule has 3 rings (SSSR count). The summed E-state index contributed by atoms with van der Waals surface area (Å²) in [5.74, 6) is -1.52. The molecule has 9 heteroatoms. The van der Waals surface area contributed by atoms with Crippen LogP contribution in [0.4, 0.5) is 0 Å². The number of carbonyl (C=O) groups excluding carboxylic acids is 2. The Morgan fingerprint density at radius 1 is 1.18 bits per heavy atom. The Morgan fingerprint density at radius 3 is 2.71 bits per heavy atom. The lowest BCUT2D eigenvalue weighted by atomic mass is 9.99. The Hall–Kier alpha value is -3.33. The molecule has 2 heterocycles. The maximum atomic E-state index is 12.8. The number of aliphatic hydroxyl groups is 1.